The second-order valence-corrected chi connectivity index (χ2v) is 4.28. The number of hydrogen-bond acceptors (Lipinski definition) is 1. The Hall–Kier alpha value is -0.820. The first-order valence-corrected chi connectivity index (χ1v) is 5.59. The zero-order valence-corrected chi connectivity index (χ0v) is 8.52. The van der Waals surface area contributed by atoms with Crippen LogP contribution >= 0.6 is 0 Å². The molecule has 1 aromatic carbocycles. The molecule has 0 radical (unpaired) electrons. The summed E-state index contributed by atoms with van der Waals surface area (Å²) in [5.74, 6) is 0.577. The van der Waals surface area contributed by atoms with Gasteiger partial charge in [-0.05, 0) is 30.7 Å². The summed E-state index contributed by atoms with van der Waals surface area (Å²) in [5.41, 5.74) is 1.40. The first-order chi connectivity index (χ1) is 6.86. The van der Waals surface area contributed by atoms with Gasteiger partial charge in [0, 0.05) is 0 Å². The minimum absolute atomic E-state index is 0.0808. The maximum Gasteiger partial charge on any atom is 0.0546 e. The first-order valence-electron chi connectivity index (χ1n) is 5.59. The Bertz CT molecular complexity index is 268. The number of aliphatic hydroxyl groups is 1. The highest BCUT2D eigenvalue weighted by Gasteiger charge is 2.19. The normalized spacial score (nSPS) is 28.4. The fraction of sp³-hybridized carbons (Fsp3) is 0.538. The van der Waals surface area contributed by atoms with Gasteiger partial charge in [0.05, 0.1) is 6.10 Å². The van der Waals surface area contributed by atoms with E-state index < -0.39 is 0 Å². The maximum absolute atomic E-state index is 9.72. The monoisotopic (exact) mass is 190 g/mol. The summed E-state index contributed by atoms with van der Waals surface area (Å²) < 4.78 is 0. The summed E-state index contributed by atoms with van der Waals surface area (Å²) in [4.78, 5) is 0. The molecule has 0 spiro atoms. The molecule has 1 aliphatic rings. The largest absolute Gasteiger partial charge is 0.393 e. The summed E-state index contributed by atoms with van der Waals surface area (Å²) in [5, 5.41) is 9.72. The lowest BCUT2D eigenvalue weighted by molar-refractivity contribution is 0.152. The van der Waals surface area contributed by atoms with E-state index in [1.165, 1.54) is 24.8 Å². The van der Waals surface area contributed by atoms with Crippen molar-refractivity contribution in [3.8, 4) is 0 Å². The van der Waals surface area contributed by atoms with Crippen molar-refractivity contribution in [2.24, 2.45) is 0 Å². The van der Waals surface area contributed by atoms with Crippen LogP contribution in [0.3, 0.4) is 0 Å². The third-order valence-corrected chi connectivity index (χ3v) is 3.17. The van der Waals surface area contributed by atoms with Gasteiger partial charge in [0.1, 0.15) is 0 Å². The molecule has 14 heavy (non-hydrogen) atoms. The molecule has 1 N–H and O–H groups in total. The van der Waals surface area contributed by atoms with E-state index in [9.17, 15) is 5.11 Å². The quantitative estimate of drug-likeness (QED) is 0.675. The van der Waals surface area contributed by atoms with Crippen LogP contribution in [0.15, 0.2) is 30.3 Å². The lowest BCUT2D eigenvalue weighted by Gasteiger charge is -2.16. The van der Waals surface area contributed by atoms with Crippen LogP contribution in [0.1, 0.15) is 43.6 Å². The predicted molar refractivity (Wildman–Crippen MR) is 58.3 cm³/mol. The fourth-order valence-electron chi connectivity index (χ4n) is 2.36. The average Bonchev–Trinajstić information content (AvgIpc) is 2.44. The minimum Gasteiger partial charge on any atom is -0.393 e. The second kappa shape index (κ2) is 4.61. The molecule has 2 rings (SSSR count). The van der Waals surface area contributed by atoms with Gasteiger partial charge >= 0.3 is 0 Å². The van der Waals surface area contributed by atoms with Gasteiger partial charge < -0.3 is 5.11 Å². The van der Waals surface area contributed by atoms with Crippen LogP contribution in [0.4, 0.5) is 0 Å². The molecule has 0 saturated heterocycles. The van der Waals surface area contributed by atoms with E-state index in [1.54, 1.807) is 0 Å². The third kappa shape index (κ3) is 2.36. The molecule has 1 nitrogen and oxygen atoms in total. The van der Waals surface area contributed by atoms with Gasteiger partial charge in [-0.25, -0.2) is 0 Å². The third-order valence-electron chi connectivity index (χ3n) is 3.17. The topological polar surface area (TPSA) is 20.2 Å². The van der Waals surface area contributed by atoms with E-state index in [4.69, 9.17) is 0 Å². The molecule has 1 aromatic rings. The molecule has 0 aliphatic heterocycles. The van der Waals surface area contributed by atoms with Crippen LogP contribution in [0, 0.1) is 0 Å². The van der Waals surface area contributed by atoms with Gasteiger partial charge in [0.25, 0.3) is 0 Å². The van der Waals surface area contributed by atoms with E-state index in [2.05, 4.69) is 30.3 Å². The summed E-state index contributed by atoms with van der Waals surface area (Å²) in [6.45, 7) is 0. The molecule has 0 heterocycles. The van der Waals surface area contributed by atoms with Crippen LogP contribution in [-0.4, -0.2) is 11.2 Å². The van der Waals surface area contributed by atoms with Crippen molar-refractivity contribution in [2.75, 3.05) is 0 Å². The van der Waals surface area contributed by atoms with Crippen molar-refractivity contribution in [3.05, 3.63) is 35.9 Å². The maximum atomic E-state index is 9.72. The standard InChI is InChI=1S/C13H18O/c14-13-9-5-4-8-12(10-13)11-6-2-1-3-7-11/h1-3,6-7,12-14H,4-5,8-10H2/t12-,13+/m0/s1. The van der Waals surface area contributed by atoms with E-state index in [-0.39, 0.29) is 6.10 Å². The number of aliphatic hydroxyl groups excluding tert-OH is 1. The van der Waals surface area contributed by atoms with Crippen molar-refractivity contribution in [3.63, 3.8) is 0 Å². The van der Waals surface area contributed by atoms with Crippen molar-refractivity contribution >= 4 is 0 Å². The van der Waals surface area contributed by atoms with Crippen molar-refractivity contribution < 1.29 is 5.11 Å². The number of hydrogen-bond donors (Lipinski definition) is 1. The van der Waals surface area contributed by atoms with Gasteiger partial charge in [0.15, 0.2) is 0 Å². The summed E-state index contributed by atoms with van der Waals surface area (Å²) in [7, 11) is 0. The summed E-state index contributed by atoms with van der Waals surface area (Å²) >= 11 is 0. The SMILES string of the molecule is O[C@@H]1CCCC[C@H](c2ccccc2)C1. The van der Waals surface area contributed by atoms with E-state index in [0.717, 1.165) is 12.8 Å². The number of rotatable bonds is 1. The summed E-state index contributed by atoms with van der Waals surface area (Å²) in [6, 6.07) is 10.6. The smallest absolute Gasteiger partial charge is 0.0546 e. The highest BCUT2D eigenvalue weighted by Crippen LogP contribution is 2.31. The second-order valence-electron chi connectivity index (χ2n) is 4.28. The molecule has 0 aromatic heterocycles. The summed E-state index contributed by atoms with van der Waals surface area (Å²) in [6.07, 6.45) is 5.54. The Morgan fingerprint density at radius 1 is 1.00 bits per heavy atom. The Morgan fingerprint density at radius 2 is 1.71 bits per heavy atom. The lowest BCUT2D eigenvalue weighted by Crippen LogP contribution is -2.09. The van der Waals surface area contributed by atoms with Gasteiger partial charge in [-0.3, -0.25) is 0 Å². The van der Waals surface area contributed by atoms with E-state index in [1.807, 2.05) is 0 Å². The van der Waals surface area contributed by atoms with Crippen LogP contribution < -0.4 is 0 Å². The van der Waals surface area contributed by atoms with Crippen LogP contribution in [0.25, 0.3) is 0 Å². The highest BCUT2D eigenvalue weighted by atomic mass is 16.3. The van der Waals surface area contributed by atoms with Gasteiger partial charge in [-0.2, -0.15) is 0 Å². The van der Waals surface area contributed by atoms with Crippen molar-refractivity contribution in [1.29, 1.82) is 0 Å². The molecule has 1 heteroatoms. The molecule has 1 saturated carbocycles. The number of benzene rings is 1. The molecule has 76 valence electrons. The molecule has 0 bridgehead atoms. The van der Waals surface area contributed by atoms with Gasteiger partial charge in [0.2, 0.25) is 0 Å². The molecule has 2 atom stereocenters. The Balaban J connectivity index is 2.09. The predicted octanol–water partition coefficient (Wildman–Crippen LogP) is 3.10. The lowest BCUT2D eigenvalue weighted by atomic mass is 9.91. The molecule has 0 amide bonds. The fourth-order valence-corrected chi connectivity index (χ4v) is 2.36. The minimum atomic E-state index is -0.0808. The van der Waals surface area contributed by atoms with Crippen LogP contribution in [0.5, 0.6) is 0 Å². The zero-order valence-electron chi connectivity index (χ0n) is 8.52. The highest BCUT2D eigenvalue weighted by molar-refractivity contribution is 5.19. The van der Waals surface area contributed by atoms with Gasteiger partial charge in [-0.15, -0.1) is 0 Å². The Labute approximate surface area is 85.8 Å². The average molecular weight is 190 g/mol. The Morgan fingerprint density at radius 3 is 2.50 bits per heavy atom. The molecule has 1 fully saturated rings. The zero-order chi connectivity index (χ0) is 9.80. The van der Waals surface area contributed by atoms with E-state index >= 15 is 0 Å². The molecular weight excluding hydrogens is 172 g/mol. The molecule has 1 aliphatic carbocycles. The van der Waals surface area contributed by atoms with Crippen molar-refractivity contribution in [2.45, 2.75) is 44.1 Å². The van der Waals surface area contributed by atoms with E-state index in [0.29, 0.717) is 5.92 Å². The van der Waals surface area contributed by atoms with Crippen LogP contribution in [-0.2, 0) is 0 Å². The Kier molecular flexibility index (Phi) is 3.20. The van der Waals surface area contributed by atoms with Gasteiger partial charge in [-0.1, -0.05) is 43.2 Å². The molecule has 0 unspecified atom stereocenters. The van der Waals surface area contributed by atoms with Crippen LogP contribution in [0.2, 0.25) is 0 Å². The first kappa shape index (κ1) is 9.72. The van der Waals surface area contributed by atoms with Crippen molar-refractivity contribution in [1.82, 2.24) is 0 Å². The molecular formula is C13H18O.